The molecule has 3 aromatic carbocycles. The van der Waals surface area contributed by atoms with Crippen LogP contribution in [0.1, 0.15) is 44.0 Å². The second-order valence-electron chi connectivity index (χ2n) is 8.78. The van der Waals surface area contributed by atoms with E-state index >= 15 is 0 Å². The largest absolute Gasteiger partial charge is 0.508 e. The predicted molar refractivity (Wildman–Crippen MR) is 129 cm³/mol. The van der Waals surface area contributed by atoms with Gasteiger partial charge in [0.1, 0.15) is 23.0 Å². The summed E-state index contributed by atoms with van der Waals surface area (Å²) in [6.45, 7) is 5.36. The third-order valence-electron chi connectivity index (χ3n) is 5.18. The molecule has 4 rings (SSSR count). The fourth-order valence-electron chi connectivity index (χ4n) is 3.78. The molecule has 5 nitrogen and oxygen atoms in total. The highest BCUT2D eigenvalue weighted by molar-refractivity contribution is 6.31. The fraction of sp³-hybridized carbons (Fsp3) is 0.222. The van der Waals surface area contributed by atoms with Gasteiger partial charge in [-0.3, -0.25) is 4.84 Å². The van der Waals surface area contributed by atoms with Gasteiger partial charge in [-0.05, 0) is 44.5 Å². The maximum atomic E-state index is 13.5. The van der Waals surface area contributed by atoms with E-state index in [-0.39, 0.29) is 11.3 Å². The SMILES string of the molecule is CC(C)(C)OC(=O)C1=C(O)[C@@H](c2ccccc2)ON(c2ccccc2)[C@H]1c1ccccc1Cl. The summed E-state index contributed by atoms with van der Waals surface area (Å²) in [6, 6.07) is 25.0. The highest BCUT2D eigenvalue weighted by Crippen LogP contribution is 2.46. The number of aliphatic hydroxyl groups excluding tert-OH is 1. The zero-order chi connectivity index (χ0) is 23.6. The van der Waals surface area contributed by atoms with Crippen molar-refractivity contribution in [2.45, 2.75) is 38.5 Å². The molecule has 0 radical (unpaired) electrons. The van der Waals surface area contributed by atoms with E-state index in [1.54, 1.807) is 31.9 Å². The Morgan fingerprint density at radius 1 is 0.939 bits per heavy atom. The van der Waals surface area contributed by atoms with Crippen molar-refractivity contribution in [1.82, 2.24) is 0 Å². The minimum Gasteiger partial charge on any atom is -0.508 e. The number of hydrogen-bond donors (Lipinski definition) is 1. The van der Waals surface area contributed by atoms with Gasteiger partial charge < -0.3 is 9.84 Å². The molecule has 0 spiro atoms. The molecule has 3 aromatic rings. The molecule has 0 amide bonds. The van der Waals surface area contributed by atoms with Crippen molar-refractivity contribution in [3.8, 4) is 0 Å². The first kappa shape index (κ1) is 22.9. The van der Waals surface area contributed by atoms with Gasteiger partial charge in [0.2, 0.25) is 0 Å². The van der Waals surface area contributed by atoms with E-state index in [1.165, 1.54) is 0 Å². The quantitative estimate of drug-likeness (QED) is 0.435. The highest BCUT2D eigenvalue weighted by Gasteiger charge is 2.44. The van der Waals surface area contributed by atoms with Crippen LogP contribution < -0.4 is 5.06 Å². The Balaban J connectivity index is 1.96. The van der Waals surface area contributed by atoms with Gasteiger partial charge in [-0.15, -0.1) is 0 Å². The first-order valence-electron chi connectivity index (χ1n) is 10.7. The van der Waals surface area contributed by atoms with Crippen molar-refractivity contribution in [2.24, 2.45) is 0 Å². The van der Waals surface area contributed by atoms with Crippen molar-refractivity contribution in [3.63, 3.8) is 0 Å². The molecule has 1 N–H and O–H groups in total. The van der Waals surface area contributed by atoms with E-state index in [1.807, 2.05) is 78.9 Å². The molecule has 0 saturated heterocycles. The van der Waals surface area contributed by atoms with Gasteiger partial charge in [0, 0.05) is 10.6 Å². The molecule has 0 saturated carbocycles. The maximum Gasteiger partial charge on any atom is 0.340 e. The molecular formula is C27H26ClNO4. The van der Waals surface area contributed by atoms with Gasteiger partial charge >= 0.3 is 5.97 Å². The minimum atomic E-state index is -0.896. The standard InChI is InChI=1S/C27H26ClNO4/c1-27(2,3)32-26(31)22-23(20-16-10-11-17-21(20)28)29(19-14-8-5-9-15-19)33-25(24(22)30)18-12-6-4-7-13-18/h4-17,23,25,30H,1-3H3/t23-,25+/m0/s1. The lowest BCUT2D eigenvalue weighted by Crippen LogP contribution is -2.41. The number of ether oxygens (including phenoxy) is 1. The summed E-state index contributed by atoms with van der Waals surface area (Å²) in [4.78, 5) is 19.9. The molecule has 33 heavy (non-hydrogen) atoms. The summed E-state index contributed by atoms with van der Waals surface area (Å²) in [7, 11) is 0. The zero-order valence-electron chi connectivity index (χ0n) is 18.7. The van der Waals surface area contributed by atoms with Crippen LogP contribution in [0.15, 0.2) is 96.3 Å². The Labute approximate surface area is 198 Å². The number of benzene rings is 3. The number of halogens is 1. The van der Waals surface area contributed by atoms with E-state index < -0.39 is 23.7 Å². The molecule has 1 aliphatic heterocycles. The summed E-state index contributed by atoms with van der Waals surface area (Å²) in [6.07, 6.45) is -0.896. The zero-order valence-corrected chi connectivity index (χ0v) is 19.5. The summed E-state index contributed by atoms with van der Waals surface area (Å²) in [5, 5.41) is 13.5. The number of hydrogen-bond acceptors (Lipinski definition) is 5. The Kier molecular flexibility index (Phi) is 6.45. The smallest absolute Gasteiger partial charge is 0.340 e. The van der Waals surface area contributed by atoms with Crippen LogP contribution in [0.3, 0.4) is 0 Å². The lowest BCUT2D eigenvalue weighted by Gasteiger charge is -2.41. The van der Waals surface area contributed by atoms with Crippen LogP contribution in [-0.4, -0.2) is 16.7 Å². The molecule has 0 aliphatic carbocycles. The first-order valence-corrected chi connectivity index (χ1v) is 11.1. The molecule has 1 aliphatic rings. The van der Waals surface area contributed by atoms with Gasteiger partial charge in [-0.1, -0.05) is 78.3 Å². The van der Waals surface area contributed by atoms with Crippen LogP contribution in [0, 0.1) is 0 Å². The van der Waals surface area contributed by atoms with Crippen LogP contribution >= 0.6 is 11.6 Å². The molecule has 2 atom stereocenters. The van der Waals surface area contributed by atoms with E-state index in [9.17, 15) is 9.90 Å². The molecule has 0 fully saturated rings. The Hall–Kier alpha value is -3.28. The summed E-state index contributed by atoms with van der Waals surface area (Å²) in [5.41, 5.74) is 1.35. The first-order chi connectivity index (χ1) is 15.8. The average molecular weight is 464 g/mol. The van der Waals surface area contributed by atoms with Crippen molar-refractivity contribution in [3.05, 3.63) is 112 Å². The van der Waals surface area contributed by atoms with Gasteiger partial charge in [-0.25, -0.2) is 9.86 Å². The Morgan fingerprint density at radius 2 is 1.52 bits per heavy atom. The summed E-state index contributed by atoms with van der Waals surface area (Å²) in [5.74, 6) is -0.831. The number of aliphatic hydroxyl groups is 1. The molecular weight excluding hydrogens is 438 g/mol. The van der Waals surface area contributed by atoms with E-state index in [0.717, 1.165) is 0 Å². The molecule has 0 unspecified atom stereocenters. The number of carbonyl (C=O) groups excluding carboxylic acids is 1. The molecule has 0 aromatic heterocycles. The number of esters is 1. The third kappa shape index (κ3) is 4.90. The molecule has 6 heteroatoms. The summed E-state index contributed by atoms with van der Waals surface area (Å²) >= 11 is 6.58. The maximum absolute atomic E-state index is 13.5. The Morgan fingerprint density at radius 3 is 2.12 bits per heavy atom. The van der Waals surface area contributed by atoms with Crippen molar-refractivity contribution in [1.29, 1.82) is 0 Å². The van der Waals surface area contributed by atoms with Crippen LogP contribution in [0.4, 0.5) is 5.69 Å². The fourth-order valence-corrected chi connectivity index (χ4v) is 4.02. The lowest BCUT2D eigenvalue weighted by molar-refractivity contribution is -0.152. The number of anilines is 1. The molecule has 0 bridgehead atoms. The normalized spacial score (nSPS) is 18.8. The van der Waals surface area contributed by atoms with Crippen LogP contribution in [-0.2, 0) is 14.4 Å². The van der Waals surface area contributed by atoms with Crippen molar-refractivity contribution in [2.75, 3.05) is 5.06 Å². The highest BCUT2D eigenvalue weighted by atomic mass is 35.5. The van der Waals surface area contributed by atoms with Crippen LogP contribution in [0.2, 0.25) is 5.02 Å². The lowest BCUT2D eigenvalue weighted by atomic mass is 9.91. The van der Waals surface area contributed by atoms with Crippen molar-refractivity contribution < 1.29 is 19.5 Å². The van der Waals surface area contributed by atoms with Crippen molar-refractivity contribution >= 4 is 23.3 Å². The monoisotopic (exact) mass is 463 g/mol. The second kappa shape index (κ2) is 9.30. The van der Waals surface area contributed by atoms with Gasteiger partial charge in [0.25, 0.3) is 0 Å². The van der Waals surface area contributed by atoms with Crippen LogP contribution in [0.5, 0.6) is 0 Å². The van der Waals surface area contributed by atoms with E-state index in [0.29, 0.717) is 21.8 Å². The van der Waals surface area contributed by atoms with Crippen LogP contribution in [0.25, 0.3) is 0 Å². The molecule has 1 heterocycles. The Bertz CT molecular complexity index is 1160. The summed E-state index contributed by atoms with van der Waals surface area (Å²) < 4.78 is 5.73. The predicted octanol–water partition coefficient (Wildman–Crippen LogP) is 6.73. The second-order valence-corrected chi connectivity index (χ2v) is 9.19. The third-order valence-corrected chi connectivity index (χ3v) is 5.53. The number of carbonyl (C=O) groups is 1. The number of para-hydroxylation sites is 1. The topological polar surface area (TPSA) is 59.0 Å². The van der Waals surface area contributed by atoms with Gasteiger partial charge in [0.15, 0.2) is 6.10 Å². The van der Waals surface area contributed by atoms with Gasteiger partial charge in [0.05, 0.1) is 5.69 Å². The minimum absolute atomic E-state index is 0.0852. The average Bonchev–Trinajstić information content (AvgIpc) is 2.79. The number of nitrogens with zero attached hydrogens (tertiary/aromatic N) is 1. The number of hydroxylamine groups is 1. The van der Waals surface area contributed by atoms with E-state index in [4.69, 9.17) is 21.2 Å². The van der Waals surface area contributed by atoms with Gasteiger partial charge in [-0.2, -0.15) is 0 Å². The van der Waals surface area contributed by atoms with E-state index in [2.05, 4.69) is 0 Å². The molecule has 170 valence electrons. The number of rotatable bonds is 4.